The van der Waals surface area contributed by atoms with Crippen LogP contribution in [-0.2, 0) is 13.2 Å². The normalized spacial score (nSPS) is 16.9. The summed E-state index contributed by atoms with van der Waals surface area (Å²) >= 11 is 0. The molecular weight excluding hydrogens is 288 g/mol. The van der Waals surface area contributed by atoms with E-state index in [4.69, 9.17) is 4.74 Å². The molecule has 2 aromatic carbocycles. The predicted octanol–water partition coefficient (Wildman–Crippen LogP) is 3.35. The van der Waals surface area contributed by atoms with Crippen LogP contribution in [-0.4, -0.2) is 16.5 Å². The molecule has 2 heterocycles. The second kappa shape index (κ2) is 5.47. The van der Waals surface area contributed by atoms with Gasteiger partial charge in [-0.25, -0.2) is 0 Å². The molecule has 0 fully saturated rings. The first-order chi connectivity index (χ1) is 11.2. The molecule has 4 rings (SSSR count). The van der Waals surface area contributed by atoms with Crippen LogP contribution in [0.5, 0.6) is 5.75 Å². The van der Waals surface area contributed by atoms with Crippen LogP contribution in [0.2, 0.25) is 0 Å². The molecule has 0 bridgehead atoms. The van der Waals surface area contributed by atoms with Crippen LogP contribution in [0.4, 0.5) is 0 Å². The SMILES string of the molecule is C[C@@H]1Cn2c(cc3cc(OCc4ccccc4)ccc32)C(=O)N1. The van der Waals surface area contributed by atoms with Crippen molar-refractivity contribution in [3.05, 3.63) is 65.9 Å². The summed E-state index contributed by atoms with van der Waals surface area (Å²) in [6.45, 7) is 3.36. The van der Waals surface area contributed by atoms with E-state index in [1.54, 1.807) is 0 Å². The lowest BCUT2D eigenvalue weighted by atomic mass is 10.2. The summed E-state index contributed by atoms with van der Waals surface area (Å²) < 4.78 is 7.95. The Hall–Kier alpha value is -2.75. The monoisotopic (exact) mass is 306 g/mol. The lowest BCUT2D eigenvalue weighted by Gasteiger charge is -2.23. The Balaban J connectivity index is 1.63. The number of fused-ring (bicyclic) bond motifs is 3. The number of rotatable bonds is 3. The zero-order valence-corrected chi connectivity index (χ0v) is 13.0. The fourth-order valence-corrected chi connectivity index (χ4v) is 3.08. The van der Waals surface area contributed by atoms with E-state index >= 15 is 0 Å². The molecule has 1 aromatic heterocycles. The van der Waals surface area contributed by atoms with Crippen LogP contribution in [0.15, 0.2) is 54.6 Å². The molecule has 1 aliphatic rings. The molecule has 4 heteroatoms. The van der Waals surface area contributed by atoms with Gasteiger partial charge in [0.1, 0.15) is 18.1 Å². The number of benzene rings is 2. The molecule has 0 saturated carbocycles. The van der Waals surface area contributed by atoms with Gasteiger partial charge >= 0.3 is 0 Å². The van der Waals surface area contributed by atoms with Crippen LogP contribution < -0.4 is 10.1 Å². The number of amides is 1. The lowest BCUT2D eigenvalue weighted by molar-refractivity contribution is 0.0907. The maximum Gasteiger partial charge on any atom is 0.268 e. The molecule has 1 N–H and O–H groups in total. The Labute approximate surface area is 134 Å². The lowest BCUT2D eigenvalue weighted by Crippen LogP contribution is -2.42. The Morgan fingerprint density at radius 2 is 2.00 bits per heavy atom. The van der Waals surface area contributed by atoms with Gasteiger partial charge in [0.05, 0.1) is 0 Å². The van der Waals surface area contributed by atoms with E-state index in [9.17, 15) is 4.79 Å². The average Bonchev–Trinajstić information content (AvgIpc) is 2.92. The molecule has 1 atom stereocenters. The number of aromatic nitrogens is 1. The molecule has 0 spiro atoms. The standard InChI is InChI=1S/C19H18N2O2/c1-13-11-21-17-8-7-16(23-12-14-5-3-2-4-6-14)9-15(17)10-18(21)19(22)20-13/h2-10,13H,11-12H2,1H3,(H,20,22)/t13-/m1/s1. The summed E-state index contributed by atoms with van der Waals surface area (Å²) in [7, 11) is 0. The molecule has 0 saturated heterocycles. The summed E-state index contributed by atoms with van der Waals surface area (Å²) in [6.07, 6.45) is 0. The van der Waals surface area contributed by atoms with E-state index in [1.807, 2.05) is 61.5 Å². The first-order valence-electron chi connectivity index (χ1n) is 7.81. The van der Waals surface area contributed by atoms with Gasteiger partial charge in [0.2, 0.25) is 0 Å². The zero-order valence-electron chi connectivity index (χ0n) is 13.0. The van der Waals surface area contributed by atoms with Crippen molar-refractivity contribution in [3.63, 3.8) is 0 Å². The largest absolute Gasteiger partial charge is 0.489 e. The van der Waals surface area contributed by atoms with Crippen LogP contribution in [0.3, 0.4) is 0 Å². The Bertz CT molecular complexity index is 868. The molecule has 116 valence electrons. The predicted molar refractivity (Wildman–Crippen MR) is 89.6 cm³/mol. The van der Waals surface area contributed by atoms with E-state index in [0.29, 0.717) is 6.61 Å². The van der Waals surface area contributed by atoms with Crippen LogP contribution in [0.1, 0.15) is 23.0 Å². The number of ether oxygens (including phenoxy) is 1. The number of hydrogen-bond donors (Lipinski definition) is 1. The van der Waals surface area contributed by atoms with Gasteiger partial charge in [0.15, 0.2) is 0 Å². The van der Waals surface area contributed by atoms with Gasteiger partial charge in [-0.15, -0.1) is 0 Å². The number of nitrogens with zero attached hydrogens (tertiary/aromatic N) is 1. The minimum absolute atomic E-state index is 0.00768. The van der Waals surface area contributed by atoms with Crippen molar-refractivity contribution in [1.29, 1.82) is 0 Å². The first kappa shape index (κ1) is 13.9. The molecule has 1 amide bonds. The maximum atomic E-state index is 12.1. The van der Waals surface area contributed by atoms with Gasteiger partial charge in [0.25, 0.3) is 5.91 Å². The van der Waals surface area contributed by atoms with Crippen LogP contribution in [0.25, 0.3) is 10.9 Å². The number of carbonyl (C=O) groups is 1. The molecule has 1 aliphatic heterocycles. The van der Waals surface area contributed by atoms with Gasteiger partial charge in [-0.3, -0.25) is 4.79 Å². The van der Waals surface area contributed by atoms with Crippen molar-refractivity contribution in [2.24, 2.45) is 0 Å². The number of carbonyl (C=O) groups excluding carboxylic acids is 1. The summed E-state index contributed by atoms with van der Waals surface area (Å²) in [5, 5.41) is 4.00. The van der Waals surface area contributed by atoms with Crippen molar-refractivity contribution in [1.82, 2.24) is 9.88 Å². The molecule has 0 unspecified atom stereocenters. The summed E-state index contributed by atoms with van der Waals surface area (Å²) in [5.74, 6) is 0.810. The molecule has 3 aromatic rings. The highest BCUT2D eigenvalue weighted by Gasteiger charge is 2.23. The highest BCUT2D eigenvalue weighted by atomic mass is 16.5. The molecule has 4 nitrogen and oxygen atoms in total. The van der Waals surface area contributed by atoms with Gasteiger partial charge in [0, 0.05) is 23.5 Å². The van der Waals surface area contributed by atoms with Crippen LogP contribution in [0, 0.1) is 0 Å². The van der Waals surface area contributed by atoms with E-state index in [-0.39, 0.29) is 11.9 Å². The minimum atomic E-state index is -0.00768. The van der Waals surface area contributed by atoms with E-state index < -0.39 is 0 Å². The Morgan fingerprint density at radius 1 is 1.17 bits per heavy atom. The maximum absolute atomic E-state index is 12.1. The van der Waals surface area contributed by atoms with E-state index in [1.165, 1.54) is 0 Å². The van der Waals surface area contributed by atoms with Crippen LogP contribution >= 0.6 is 0 Å². The molecular formula is C19H18N2O2. The number of nitrogens with one attached hydrogen (secondary N) is 1. The Kier molecular flexibility index (Phi) is 3.30. The highest BCUT2D eigenvalue weighted by molar-refractivity contribution is 5.99. The van der Waals surface area contributed by atoms with Crippen molar-refractivity contribution >= 4 is 16.8 Å². The zero-order chi connectivity index (χ0) is 15.8. The second-order valence-corrected chi connectivity index (χ2v) is 6.01. The quantitative estimate of drug-likeness (QED) is 0.806. The third-order valence-corrected chi connectivity index (χ3v) is 4.19. The van der Waals surface area contributed by atoms with E-state index in [0.717, 1.165) is 34.5 Å². The van der Waals surface area contributed by atoms with Crippen molar-refractivity contribution in [3.8, 4) is 5.75 Å². The number of hydrogen-bond acceptors (Lipinski definition) is 2. The van der Waals surface area contributed by atoms with Gasteiger partial charge in [-0.2, -0.15) is 0 Å². The van der Waals surface area contributed by atoms with Crippen molar-refractivity contribution < 1.29 is 9.53 Å². The molecule has 0 radical (unpaired) electrons. The fourth-order valence-electron chi connectivity index (χ4n) is 3.08. The summed E-state index contributed by atoms with van der Waals surface area (Å²) in [5.41, 5.74) is 2.93. The van der Waals surface area contributed by atoms with Gasteiger partial charge in [-0.1, -0.05) is 30.3 Å². The summed E-state index contributed by atoms with van der Waals surface area (Å²) in [4.78, 5) is 12.1. The highest BCUT2D eigenvalue weighted by Crippen LogP contribution is 2.27. The first-order valence-corrected chi connectivity index (χ1v) is 7.81. The average molecular weight is 306 g/mol. The minimum Gasteiger partial charge on any atom is -0.489 e. The van der Waals surface area contributed by atoms with Crippen molar-refractivity contribution in [2.75, 3.05) is 0 Å². The fraction of sp³-hybridized carbons (Fsp3) is 0.211. The van der Waals surface area contributed by atoms with E-state index in [2.05, 4.69) is 9.88 Å². The smallest absolute Gasteiger partial charge is 0.268 e. The second-order valence-electron chi connectivity index (χ2n) is 6.01. The Morgan fingerprint density at radius 3 is 2.83 bits per heavy atom. The third kappa shape index (κ3) is 2.57. The topological polar surface area (TPSA) is 43.3 Å². The third-order valence-electron chi connectivity index (χ3n) is 4.19. The van der Waals surface area contributed by atoms with Crippen molar-refractivity contribution in [2.45, 2.75) is 26.1 Å². The summed E-state index contributed by atoms with van der Waals surface area (Å²) in [6, 6.07) is 18.2. The molecule has 23 heavy (non-hydrogen) atoms. The van der Waals surface area contributed by atoms with Gasteiger partial charge < -0.3 is 14.6 Å². The van der Waals surface area contributed by atoms with Gasteiger partial charge in [-0.05, 0) is 36.8 Å². The molecule has 0 aliphatic carbocycles.